The van der Waals surface area contributed by atoms with Gasteiger partial charge in [0.2, 0.25) is 12.3 Å². The van der Waals surface area contributed by atoms with Crippen molar-refractivity contribution in [2.75, 3.05) is 22.6 Å². The molecule has 2 unspecified atom stereocenters. The van der Waals surface area contributed by atoms with Crippen molar-refractivity contribution in [2.24, 2.45) is 20.7 Å². The van der Waals surface area contributed by atoms with E-state index in [4.69, 9.17) is 15.2 Å². The molecule has 3 aromatic rings. The average molecular weight is 623 g/mol. The fourth-order valence-electron chi connectivity index (χ4n) is 3.99. The van der Waals surface area contributed by atoms with E-state index in [-0.39, 0.29) is 17.5 Å². The van der Waals surface area contributed by atoms with Crippen molar-refractivity contribution in [1.29, 1.82) is 0 Å². The highest BCUT2D eigenvalue weighted by Crippen LogP contribution is 2.31. The van der Waals surface area contributed by atoms with Gasteiger partial charge in [-0.1, -0.05) is 23.9 Å². The fourth-order valence-corrected chi connectivity index (χ4v) is 5.20. The number of hydrogen-bond donors (Lipinski definition) is 2. The van der Waals surface area contributed by atoms with Gasteiger partial charge in [-0.05, 0) is 73.2 Å². The molecule has 0 radical (unpaired) electrons. The van der Waals surface area contributed by atoms with Crippen LogP contribution in [0.1, 0.15) is 30.5 Å². The van der Waals surface area contributed by atoms with E-state index in [9.17, 15) is 14.0 Å². The van der Waals surface area contributed by atoms with E-state index in [0.29, 0.717) is 52.1 Å². The predicted octanol–water partition coefficient (Wildman–Crippen LogP) is 5.46. The highest BCUT2D eigenvalue weighted by atomic mass is 32.2. The molecule has 1 aliphatic heterocycles. The zero-order valence-electron chi connectivity index (χ0n) is 23.9. The second-order valence-corrected chi connectivity index (χ2v) is 10.9. The van der Waals surface area contributed by atoms with Crippen LogP contribution in [0.3, 0.4) is 0 Å². The Morgan fingerprint density at radius 3 is 2.67 bits per heavy atom. The number of nitrogens with zero attached hydrogens (tertiary/aromatic N) is 4. The number of aliphatic imine (C=N–C) groups is 3. The van der Waals surface area contributed by atoms with Crippen LogP contribution in [0.2, 0.25) is 0 Å². The molecular weight excluding hydrogens is 590 g/mol. The van der Waals surface area contributed by atoms with E-state index in [2.05, 4.69) is 29.5 Å². The number of amides is 3. The van der Waals surface area contributed by atoms with Crippen LogP contribution >= 0.6 is 21.0 Å². The minimum absolute atomic E-state index is 0.160. The molecule has 0 aliphatic carbocycles. The number of carbonyl (C=O) groups is 2. The third-order valence-electron chi connectivity index (χ3n) is 6.03. The fraction of sp³-hybridized carbons (Fsp3) is 0.233. The molecule has 1 saturated heterocycles. The first-order valence-electron chi connectivity index (χ1n) is 13.3. The normalized spacial score (nSPS) is 15.4. The summed E-state index contributed by atoms with van der Waals surface area (Å²) in [6.45, 7) is 6.02. The number of halogens is 1. The SMILES string of the molecule is CCOCc1ccc(C)cc1N1C(=O)CS/C1=N\C(=O)Nc1ccc(C(N)=NC=Nc2ccc(OC(C)F)cc2)cc1P. The summed E-state index contributed by atoms with van der Waals surface area (Å²) < 4.78 is 23.5. The van der Waals surface area contributed by atoms with Crippen molar-refractivity contribution in [1.82, 2.24) is 0 Å². The number of thioether (sulfide) groups is 1. The maximum Gasteiger partial charge on any atom is 0.347 e. The number of rotatable bonds is 10. The Labute approximate surface area is 255 Å². The topological polar surface area (TPSA) is 131 Å². The van der Waals surface area contributed by atoms with Crippen molar-refractivity contribution in [3.05, 3.63) is 77.4 Å². The highest BCUT2D eigenvalue weighted by molar-refractivity contribution is 8.15. The molecule has 13 heteroatoms. The van der Waals surface area contributed by atoms with Crippen LogP contribution in [0.4, 0.5) is 26.2 Å². The summed E-state index contributed by atoms with van der Waals surface area (Å²) in [5.41, 5.74) is 10.3. The smallest absolute Gasteiger partial charge is 0.347 e. The van der Waals surface area contributed by atoms with Crippen LogP contribution in [-0.2, 0) is 16.1 Å². The van der Waals surface area contributed by atoms with Gasteiger partial charge in [0.25, 0.3) is 0 Å². The lowest BCUT2D eigenvalue weighted by molar-refractivity contribution is -0.115. The number of alkyl halides is 1. The lowest BCUT2D eigenvalue weighted by Gasteiger charge is -2.20. The molecule has 43 heavy (non-hydrogen) atoms. The summed E-state index contributed by atoms with van der Waals surface area (Å²) in [6, 6.07) is 16.8. The Morgan fingerprint density at radius 1 is 1.21 bits per heavy atom. The number of benzene rings is 3. The molecule has 3 aromatic carbocycles. The molecule has 0 spiro atoms. The number of ether oxygens (including phenoxy) is 2. The standard InChI is InChI=1S/C30H32FN6O4PS/c1-4-40-15-21-6-5-18(2)13-25(21)37-27(38)16-43-30(37)36-29(39)35-24-12-7-20(14-26(24)42)28(32)34-17-33-22-8-10-23(11-9-22)41-19(3)31/h5-14,17,19H,4,15-16,42H2,1-3H3,(H,35,39)(H2,32,33,34)/b36-30-. The Balaban J connectivity index is 1.44. The first kappa shape index (κ1) is 31.8. The molecule has 1 heterocycles. The summed E-state index contributed by atoms with van der Waals surface area (Å²) in [4.78, 5) is 39.8. The third kappa shape index (κ3) is 8.70. The molecule has 0 aromatic heterocycles. The van der Waals surface area contributed by atoms with Crippen LogP contribution in [-0.4, -0.2) is 48.0 Å². The number of amidine groups is 2. The van der Waals surface area contributed by atoms with Crippen molar-refractivity contribution >= 4 is 72.6 Å². The summed E-state index contributed by atoms with van der Waals surface area (Å²) in [7, 11) is 2.55. The van der Waals surface area contributed by atoms with Crippen LogP contribution < -0.4 is 26.0 Å². The van der Waals surface area contributed by atoms with Gasteiger partial charge in [-0.15, -0.1) is 9.24 Å². The first-order valence-corrected chi connectivity index (χ1v) is 14.9. The quantitative estimate of drug-likeness (QED) is 0.175. The molecule has 3 amide bonds. The highest BCUT2D eigenvalue weighted by Gasteiger charge is 2.32. The Morgan fingerprint density at radius 2 is 1.98 bits per heavy atom. The number of hydrogen-bond acceptors (Lipinski definition) is 6. The molecule has 2 atom stereocenters. The van der Waals surface area contributed by atoms with Gasteiger partial charge in [0.1, 0.15) is 17.9 Å². The molecule has 224 valence electrons. The van der Waals surface area contributed by atoms with Gasteiger partial charge in [-0.3, -0.25) is 9.69 Å². The van der Waals surface area contributed by atoms with Gasteiger partial charge < -0.3 is 20.5 Å². The zero-order chi connectivity index (χ0) is 30.9. The van der Waals surface area contributed by atoms with Crippen LogP contribution in [0.25, 0.3) is 0 Å². The van der Waals surface area contributed by atoms with E-state index in [1.807, 2.05) is 32.0 Å². The largest absolute Gasteiger partial charge is 0.461 e. The molecule has 4 rings (SSSR count). The van der Waals surface area contributed by atoms with Crippen molar-refractivity contribution in [3.8, 4) is 5.75 Å². The lowest BCUT2D eigenvalue weighted by atomic mass is 10.1. The number of anilines is 2. The molecule has 10 nitrogen and oxygen atoms in total. The molecule has 0 bridgehead atoms. The van der Waals surface area contributed by atoms with Gasteiger partial charge in [0.05, 0.1) is 23.7 Å². The summed E-state index contributed by atoms with van der Waals surface area (Å²) in [5.74, 6) is 0.632. The maximum absolute atomic E-state index is 12.9. The van der Waals surface area contributed by atoms with E-state index < -0.39 is 12.4 Å². The number of carbonyl (C=O) groups excluding carboxylic acids is 2. The van der Waals surface area contributed by atoms with Crippen molar-refractivity contribution in [3.63, 3.8) is 0 Å². The van der Waals surface area contributed by atoms with Crippen LogP contribution in [0, 0.1) is 6.92 Å². The second-order valence-electron chi connectivity index (χ2n) is 9.33. The summed E-state index contributed by atoms with van der Waals surface area (Å²) in [6.07, 6.45) is -0.0864. The Hall–Kier alpha value is -4.12. The van der Waals surface area contributed by atoms with Gasteiger partial charge in [0, 0.05) is 30.3 Å². The number of nitrogens with two attached hydrogens (primary N) is 1. The van der Waals surface area contributed by atoms with Crippen LogP contribution in [0.15, 0.2) is 75.6 Å². The van der Waals surface area contributed by atoms with E-state index >= 15 is 0 Å². The predicted molar refractivity (Wildman–Crippen MR) is 175 cm³/mol. The maximum atomic E-state index is 12.9. The number of aryl methyl sites for hydroxylation is 1. The summed E-state index contributed by atoms with van der Waals surface area (Å²) >= 11 is 1.20. The minimum Gasteiger partial charge on any atom is -0.461 e. The van der Waals surface area contributed by atoms with Gasteiger partial charge in [-0.25, -0.2) is 19.2 Å². The number of urea groups is 1. The minimum atomic E-state index is -1.40. The molecule has 1 fully saturated rings. The second kappa shape index (κ2) is 14.9. The summed E-state index contributed by atoms with van der Waals surface area (Å²) in [5, 5.41) is 3.72. The van der Waals surface area contributed by atoms with E-state index in [0.717, 1.165) is 11.1 Å². The Bertz CT molecular complexity index is 1580. The molecular formula is C30H32FN6O4PS. The Kier molecular flexibility index (Phi) is 11.0. The molecule has 3 N–H and O–H groups in total. The van der Waals surface area contributed by atoms with E-state index in [1.165, 1.54) is 29.9 Å². The van der Waals surface area contributed by atoms with Crippen molar-refractivity contribution in [2.45, 2.75) is 33.7 Å². The number of nitrogens with one attached hydrogen (secondary N) is 1. The first-order chi connectivity index (χ1) is 20.6. The zero-order valence-corrected chi connectivity index (χ0v) is 25.9. The van der Waals surface area contributed by atoms with Crippen molar-refractivity contribution < 1.29 is 23.5 Å². The third-order valence-corrected chi connectivity index (χ3v) is 7.43. The average Bonchev–Trinajstić information content (AvgIpc) is 3.33. The van der Waals surface area contributed by atoms with Gasteiger partial charge in [0.15, 0.2) is 5.17 Å². The van der Waals surface area contributed by atoms with E-state index in [1.54, 1.807) is 42.5 Å². The monoisotopic (exact) mass is 622 g/mol. The lowest BCUT2D eigenvalue weighted by Crippen LogP contribution is -2.31. The van der Waals surface area contributed by atoms with Crippen LogP contribution in [0.5, 0.6) is 5.75 Å². The van der Waals surface area contributed by atoms with Gasteiger partial charge >= 0.3 is 6.03 Å². The molecule has 0 saturated carbocycles. The molecule has 1 aliphatic rings. The van der Waals surface area contributed by atoms with Gasteiger partial charge in [-0.2, -0.15) is 4.99 Å².